The molecule has 5 nitrogen and oxygen atoms in total. The monoisotopic (exact) mass is 450 g/mol. The number of ether oxygens (including phenoxy) is 1. The Kier molecular flexibility index (Phi) is 4.44. The molecule has 2 bridgehead atoms. The van der Waals surface area contributed by atoms with Gasteiger partial charge in [-0.1, -0.05) is 11.6 Å². The molecule has 4 rings (SSSR count). The summed E-state index contributed by atoms with van der Waals surface area (Å²) in [4.78, 5) is 10.7. The van der Waals surface area contributed by atoms with Crippen molar-refractivity contribution in [2.24, 2.45) is 0 Å². The third-order valence-corrected chi connectivity index (χ3v) is 6.36. The zero-order valence-electron chi connectivity index (χ0n) is 13.7. The fourth-order valence-electron chi connectivity index (χ4n) is 3.79. The van der Waals surface area contributed by atoms with Gasteiger partial charge in [-0.3, -0.25) is 0 Å². The van der Waals surface area contributed by atoms with Crippen LogP contribution in [0, 0.1) is 0 Å². The topological polar surface area (TPSA) is 50.3 Å². The lowest BCUT2D eigenvalue weighted by Gasteiger charge is -2.37. The summed E-state index contributed by atoms with van der Waals surface area (Å²) in [7, 11) is 1.42. The summed E-state index contributed by atoms with van der Waals surface area (Å²) < 4.78 is 45.3. The van der Waals surface area contributed by atoms with Crippen molar-refractivity contribution < 1.29 is 17.9 Å². The summed E-state index contributed by atoms with van der Waals surface area (Å²) in [5.74, 6) is 0.445. The van der Waals surface area contributed by atoms with Gasteiger partial charge in [0.05, 0.1) is 27.7 Å². The van der Waals surface area contributed by atoms with Crippen molar-refractivity contribution in [3.63, 3.8) is 0 Å². The van der Waals surface area contributed by atoms with Crippen LogP contribution in [-0.4, -0.2) is 42.3 Å². The maximum Gasteiger partial charge on any atom is 0.417 e. The van der Waals surface area contributed by atoms with Crippen LogP contribution in [0.4, 0.5) is 19.0 Å². The lowest BCUT2D eigenvalue weighted by atomic mass is 10.1. The molecule has 2 unspecified atom stereocenters. The van der Waals surface area contributed by atoms with E-state index in [4.69, 9.17) is 16.3 Å². The molecule has 2 atom stereocenters. The number of hydrogen-bond donors (Lipinski definition) is 1. The summed E-state index contributed by atoms with van der Waals surface area (Å²) in [6, 6.07) is 1.50. The SMILES string of the molecule is COc1nc(N2C3CCC2CNC3)c2cc(C(F)(F)F)c(Br)c(Cl)c2n1. The maximum absolute atomic E-state index is 13.5. The average Bonchev–Trinajstić information content (AvgIpc) is 2.84. The van der Waals surface area contributed by atoms with Crippen LogP contribution in [-0.2, 0) is 6.18 Å². The molecule has 0 spiro atoms. The van der Waals surface area contributed by atoms with Crippen LogP contribution in [0.15, 0.2) is 10.5 Å². The second-order valence-electron chi connectivity index (χ2n) is 6.43. The number of anilines is 1. The molecule has 0 amide bonds. The number of nitrogens with zero attached hydrogens (tertiary/aromatic N) is 3. The number of aromatic nitrogens is 2. The summed E-state index contributed by atoms with van der Waals surface area (Å²) in [6.07, 6.45) is -2.62. The number of halogens is 5. The first-order chi connectivity index (χ1) is 12.3. The number of benzene rings is 1. The first-order valence-electron chi connectivity index (χ1n) is 8.11. The number of piperazine rings is 1. The van der Waals surface area contributed by atoms with Gasteiger partial charge in [0.2, 0.25) is 0 Å². The highest BCUT2D eigenvalue weighted by atomic mass is 79.9. The molecule has 2 aliphatic rings. The van der Waals surface area contributed by atoms with E-state index in [1.165, 1.54) is 7.11 Å². The lowest BCUT2D eigenvalue weighted by Crippen LogP contribution is -2.52. The van der Waals surface area contributed by atoms with Crippen LogP contribution in [0.3, 0.4) is 0 Å². The van der Waals surface area contributed by atoms with Crippen LogP contribution < -0.4 is 15.0 Å². The van der Waals surface area contributed by atoms with Gasteiger partial charge in [-0.2, -0.15) is 23.1 Å². The summed E-state index contributed by atoms with van der Waals surface area (Å²) in [6.45, 7) is 1.53. The average molecular weight is 452 g/mol. The Morgan fingerprint density at radius 3 is 2.50 bits per heavy atom. The Labute approximate surface area is 161 Å². The molecule has 3 heterocycles. The Morgan fingerprint density at radius 2 is 1.92 bits per heavy atom. The minimum Gasteiger partial charge on any atom is -0.467 e. The van der Waals surface area contributed by atoms with Gasteiger partial charge in [-0.15, -0.1) is 0 Å². The van der Waals surface area contributed by atoms with Crippen molar-refractivity contribution in [2.45, 2.75) is 31.1 Å². The fraction of sp³-hybridized carbons (Fsp3) is 0.500. The molecule has 140 valence electrons. The zero-order chi connectivity index (χ0) is 18.6. The maximum atomic E-state index is 13.5. The Balaban J connectivity index is 2.01. The van der Waals surface area contributed by atoms with E-state index in [0.29, 0.717) is 5.82 Å². The van der Waals surface area contributed by atoms with Crippen molar-refractivity contribution in [3.8, 4) is 6.01 Å². The highest BCUT2D eigenvalue weighted by Crippen LogP contribution is 2.45. The predicted octanol–water partition coefficient (Wildman–Crippen LogP) is 4.01. The molecule has 2 fully saturated rings. The Bertz CT molecular complexity index is 863. The van der Waals surface area contributed by atoms with Crippen molar-refractivity contribution in [1.82, 2.24) is 15.3 Å². The summed E-state index contributed by atoms with van der Waals surface area (Å²) in [5, 5.41) is 3.53. The van der Waals surface area contributed by atoms with Crippen LogP contribution >= 0.6 is 27.5 Å². The molecule has 26 heavy (non-hydrogen) atoms. The molecular formula is C16H15BrClF3N4O. The lowest BCUT2D eigenvalue weighted by molar-refractivity contribution is -0.138. The van der Waals surface area contributed by atoms with Crippen LogP contribution in [0.5, 0.6) is 6.01 Å². The van der Waals surface area contributed by atoms with E-state index in [1.807, 2.05) is 0 Å². The number of nitrogens with one attached hydrogen (secondary N) is 1. The van der Waals surface area contributed by atoms with Gasteiger partial charge < -0.3 is 15.0 Å². The third kappa shape index (κ3) is 2.80. The van der Waals surface area contributed by atoms with Crippen LogP contribution in [0.1, 0.15) is 18.4 Å². The van der Waals surface area contributed by atoms with Gasteiger partial charge in [0.1, 0.15) is 5.82 Å². The van der Waals surface area contributed by atoms with Gasteiger partial charge in [0.15, 0.2) is 0 Å². The van der Waals surface area contributed by atoms with E-state index in [0.717, 1.165) is 32.0 Å². The van der Waals surface area contributed by atoms with Crippen molar-refractivity contribution >= 4 is 44.3 Å². The molecule has 1 aromatic heterocycles. The molecule has 2 aliphatic heterocycles. The second-order valence-corrected chi connectivity index (χ2v) is 7.60. The van der Waals surface area contributed by atoms with E-state index in [9.17, 15) is 13.2 Å². The van der Waals surface area contributed by atoms with Crippen molar-refractivity contribution in [1.29, 1.82) is 0 Å². The summed E-state index contributed by atoms with van der Waals surface area (Å²) in [5.41, 5.74) is -0.598. The van der Waals surface area contributed by atoms with Gasteiger partial charge in [0.25, 0.3) is 0 Å². The molecule has 10 heteroatoms. The van der Waals surface area contributed by atoms with E-state index < -0.39 is 11.7 Å². The highest BCUT2D eigenvalue weighted by Gasteiger charge is 2.40. The van der Waals surface area contributed by atoms with Gasteiger partial charge in [-0.25, -0.2) is 0 Å². The molecule has 1 aromatic carbocycles. The zero-order valence-corrected chi connectivity index (χ0v) is 16.0. The molecule has 1 N–H and O–H groups in total. The van der Waals surface area contributed by atoms with Crippen LogP contribution in [0.25, 0.3) is 10.9 Å². The first kappa shape index (κ1) is 18.1. The highest BCUT2D eigenvalue weighted by molar-refractivity contribution is 9.10. The first-order valence-corrected chi connectivity index (χ1v) is 9.28. The summed E-state index contributed by atoms with van der Waals surface area (Å²) >= 11 is 9.21. The van der Waals surface area contributed by atoms with E-state index in [2.05, 4.69) is 36.1 Å². The van der Waals surface area contributed by atoms with Gasteiger partial charge in [0, 0.05) is 30.6 Å². The number of alkyl halides is 3. The molecule has 0 radical (unpaired) electrons. The number of fused-ring (bicyclic) bond motifs is 3. The van der Waals surface area contributed by atoms with Crippen molar-refractivity contribution in [3.05, 3.63) is 21.1 Å². The second kappa shape index (κ2) is 6.38. The van der Waals surface area contributed by atoms with E-state index in [1.54, 1.807) is 0 Å². The standard InChI is InChI=1S/C16H15BrClF3N4O/c1-26-15-23-13-9(4-10(16(19,20)21)11(17)12(13)18)14(24-15)25-7-2-3-8(25)6-22-5-7/h4,7-8,22H,2-3,5-6H2,1H3. The van der Waals surface area contributed by atoms with E-state index >= 15 is 0 Å². The molecule has 2 saturated heterocycles. The number of rotatable bonds is 2. The van der Waals surface area contributed by atoms with Gasteiger partial charge >= 0.3 is 12.2 Å². The Hall–Kier alpha value is -1.32. The minimum atomic E-state index is -4.55. The molecule has 0 saturated carbocycles. The van der Waals surface area contributed by atoms with Gasteiger partial charge in [-0.05, 0) is 34.8 Å². The molecule has 0 aliphatic carbocycles. The number of hydrogen-bond acceptors (Lipinski definition) is 5. The fourth-order valence-corrected chi connectivity index (χ4v) is 4.56. The molecule has 2 aromatic rings. The van der Waals surface area contributed by atoms with Crippen molar-refractivity contribution in [2.75, 3.05) is 25.1 Å². The minimum absolute atomic E-state index is 0.0824. The van der Waals surface area contributed by atoms with E-state index in [-0.39, 0.29) is 38.5 Å². The Morgan fingerprint density at radius 1 is 1.27 bits per heavy atom. The molecular weight excluding hydrogens is 437 g/mol. The predicted molar refractivity (Wildman–Crippen MR) is 96.0 cm³/mol. The quantitative estimate of drug-likeness (QED) is 0.748. The number of methoxy groups -OCH3 is 1. The van der Waals surface area contributed by atoms with Crippen LogP contribution in [0.2, 0.25) is 5.02 Å². The largest absolute Gasteiger partial charge is 0.467 e. The normalized spacial score (nSPS) is 22.9. The smallest absolute Gasteiger partial charge is 0.417 e. The third-order valence-electron chi connectivity index (χ3n) is 4.94.